The van der Waals surface area contributed by atoms with E-state index in [1.54, 1.807) is 0 Å². The summed E-state index contributed by atoms with van der Waals surface area (Å²) in [6.07, 6.45) is 7.35. The second-order valence-corrected chi connectivity index (χ2v) is 17.3. The summed E-state index contributed by atoms with van der Waals surface area (Å²) < 4.78 is 0. The monoisotopic (exact) mass is 836 g/mol. The summed E-state index contributed by atoms with van der Waals surface area (Å²) in [6, 6.07) is 70.7. The largest absolute Gasteiger partial charge is 0.265 e. The number of hydrogen-bond donors (Lipinski definition) is 0. The smallest absolute Gasteiger partial charge is 0.160 e. The molecule has 0 amide bonds. The van der Waals surface area contributed by atoms with E-state index in [9.17, 15) is 0 Å². The van der Waals surface area contributed by atoms with E-state index in [0.717, 1.165) is 66.7 Å². The molecule has 0 saturated carbocycles. The molecule has 0 spiro atoms. The van der Waals surface area contributed by atoms with Crippen molar-refractivity contribution < 1.29 is 0 Å². The van der Waals surface area contributed by atoms with E-state index >= 15 is 0 Å². The third kappa shape index (κ3) is 5.52. The van der Waals surface area contributed by atoms with Gasteiger partial charge in [-0.2, -0.15) is 0 Å². The lowest BCUT2D eigenvalue weighted by Crippen LogP contribution is -1.98. The van der Waals surface area contributed by atoms with Crippen molar-refractivity contribution in [1.29, 1.82) is 0 Å². The van der Waals surface area contributed by atoms with Crippen LogP contribution in [0.2, 0.25) is 0 Å². The van der Waals surface area contributed by atoms with Gasteiger partial charge in [0.1, 0.15) is 0 Å². The van der Waals surface area contributed by atoms with Crippen LogP contribution in [0.5, 0.6) is 0 Å². The molecule has 0 radical (unpaired) electrons. The Kier molecular flexibility index (Phi) is 7.95. The molecular formula is C62H36N4. The predicted molar refractivity (Wildman–Crippen MR) is 272 cm³/mol. The number of fused-ring (bicyclic) bond motifs is 7. The SMILES string of the molecule is c1ccc2c(c1)-c1cccc3c(-c4cc(-c5ccc6c7c(cccc57)-c5ccccc5-6)c5nc(-c6ccc(-c7ccncc7)cc6)nc(-c6ccc(-c7ccncc7)cc6)c5c4)ccc-2c13. The van der Waals surface area contributed by atoms with Crippen LogP contribution in [0.3, 0.4) is 0 Å². The minimum atomic E-state index is 0.674. The van der Waals surface area contributed by atoms with E-state index in [1.165, 1.54) is 71.6 Å². The van der Waals surface area contributed by atoms with Gasteiger partial charge in [-0.15, -0.1) is 0 Å². The van der Waals surface area contributed by atoms with Crippen LogP contribution < -0.4 is 0 Å². The first-order chi connectivity index (χ1) is 32.7. The van der Waals surface area contributed by atoms with E-state index < -0.39 is 0 Å². The van der Waals surface area contributed by atoms with Gasteiger partial charge in [-0.1, -0.05) is 158 Å². The number of pyridine rings is 2. The Balaban J connectivity index is 1.06. The maximum absolute atomic E-state index is 5.62. The summed E-state index contributed by atoms with van der Waals surface area (Å²) in [5, 5.41) is 6.02. The number of nitrogens with zero attached hydrogens (tertiary/aromatic N) is 4. The molecule has 3 aromatic heterocycles. The van der Waals surface area contributed by atoms with Crippen LogP contribution in [0.25, 0.3) is 144 Å². The van der Waals surface area contributed by atoms with E-state index in [1.807, 2.05) is 36.9 Å². The van der Waals surface area contributed by atoms with Crippen LogP contribution in [-0.4, -0.2) is 19.9 Å². The Morgan fingerprint density at radius 1 is 0.242 bits per heavy atom. The number of hydrogen-bond acceptors (Lipinski definition) is 4. The second-order valence-electron chi connectivity index (χ2n) is 17.3. The number of rotatable bonds is 6. The van der Waals surface area contributed by atoms with Crippen molar-refractivity contribution in [3.63, 3.8) is 0 Å². The Labute approximate surface area is 381 Å². The van der Waals surface area contributed by atoms with E-state index in [2.05, 4.69) is 192 Å². The third-order valence-electron chi connectivity index (χ3n) is 13.8. The molecule has 3 heterocycles. The zero-order valence-electron chi connectivity index (χ0n) is 35.6. The summed E-state index contributed by atoms with van der Waals surface area (Å²) in [6.45, 7) is 0. The zero-order chi connectivity index (χ0) is 43.3. The van der Waals surface area contributed by atoms with Gasteiger partial charge in [0, 0.05) is 46.9 Å². The van der Waals surface area contributed by atoms with Crippen LogP contribution in [0.4, 0.5) is 0 Å². The van der Waals surface area contributed by atoms with Crippen molar-refractivity contribution >= 4 is 32.4 Å². The molecule has 0 fully saturated rings. The molecule has 9 aromatic carbocycles. The van der Waals surface area contributed by atoms with Gasteiger partial charge in [-0.3, -0.25) is 9.97 Å². The molecule has 12 aromatic rings. The molecule has 0 bridgehead atoms. The molecular weight excluding hydrogens is 801 g/mol. The highest BCUT2D eigenvalue weighted by atomic mass is 14.9. The van der Waals surface area contributed by atoms with Crippen molar-refractivity contribution in [3.05, 3.63) is 219 Å². The normalized spacial score (nSPS) is 11.9. The highest BCUT2D eigenvalue weighted by Gasteiger charge is 2.26. The summed E-state index contributed by atoms with van der Waals surface area (Å²) >= 11 is 0. The van der Waals surface area contributed by atoms with Gasteiger partial charge in [0.05, 0.1) is 11.2 Å². The molecule has 4 nitrogen and oxygen atoms in total. The van der Waals surface area contributed by atoms with Crippen LogP contribution >= 0.6 is 0 Å². The summed E-state index contributed by atoms with van der Waals surface area (Å²) in [7, 11) is 0. The molecule has 0 N–H and O–H groups in total. The Bertz CT molecular complexity index is 3890. The fourth-order valence-corrected chi connectivity index (χ4v) is 10.8. The zero-order valence-corrected chi connectivity index (χ0v) is 35.6. The molecule has 66 heavy (non-hydrogen) atoms. The van der Waals surface area contributed by atoms with Crippen molar-refractivity contribution in [2.45, 2.75) is 0 Å². The fraction of sp³-hybridized carbons (Fsp3) is 0. The van der Waals surface area contributed by atoms with Gasteiger partial charge in [0.2, 0.25) is 0 Å². The first-order valence-corrected chi connectivity index (χ1v) is 22.4. The first kappa shape index (κ1) is 36.6. The lowest BCUT2D eigenvalue weighted by molar-refractivity contribution is 1.23. The Morgan fingerprint density at radius 2 is 0.667 bits per heavy atom. The number of aromatic nitrogens is 4. The molecule has 2 aliphatic carbocycles. The van der Waals surface area contributed by atoms with E-state index in [0.29, 0.717) is 5.82 Å². The minimum absolute atomic E-state index is 0.674. The summed E-state index contributed by atoms with van der Waals surface area (Å²) in [4.78, 5) is 19.7. The van der Waals surface area contributed by atoms with Gasteiger partial charge >= 0.3 is 0 Å². The van der Waals surface area contributed by atoms with Crippen LogP contribution in [0.15, 0.2) is 219 Å². The van der Waals surface area contributed by atoms with Crippen LogP contribution in [0.1, 0.15) is 0 Å². The van der Waals surface area contributed by atoms with Crippen molar-refractivity contribution in [3.8, 4) is 112 Å². The molecule has 304 valence electrons. The second kappa shape index (κ2) is 14.3. The quantitative estimate of drug-likeness (QED) is 0.167. The van der Waals surface area contributed by atoms with Gasteiger partial charge < -0.3 is 0 Å². The van der Waals surface area contributed by atoms with Gasteiger partial charge in [0.25, 0.3) is 0 Å². The molecule has 0 saturated heterocycles. The highest BCUT2D eigenvalue weighted by molar-refractivity contribution is 6.22. The molecule has 0 atom stereocenters. The Hall–Kier alpha value is -8.86. The highest BCUT2D eigenvalue weighted by Crippen LogP contribution is 2.52. The molecule has 4 heteroatoms. The Morgan fingerprint density at radius 3 is 1.21 bits per heavy atom. The van der Waals surface area contributed by atoms with Gasteiger partial charge in [0.15, 0.2) is 5.82 Å². The molecule has 0 aliphatic heterocycles. The topological polar surface area (TPSA) is 51.6 Å². The lowest BCUT2D eigenvalue weighted by Gasteiger charge is -2.18. The standard InChI is InChI=1S/C62H36N4/c1-3-9-47-45(7-1)51-12-5-11-50-44(23-25-54(47)58(50)51)43-35-56(49-24-26-55-48-10-4-2-8-46(48)52-13-6-14-53(49)59(52)55)61-57(36-43)60(41-19-15-37(16-20-41)39-27-31-63-32-28-39)65-62(66-61)42-21-17-38(18-22-42)40-29-33-64-34-30-40/h1-36H. The van der Waals surface area contributed by atoms with Crippen LogP contribution in [-0.2, 0) is 0 Å². The van der Waals surface area contributed by atoms with Gasteiger partial charge in [-0.05, 0) is 141 Å². The third-order valence-corrected chi connectivity index (χ3v) is 13.8. The van der Waals surface area contributed by atoms with Crippen molar-refractivity contribution in [2.75, 3.05) is 0 Å². The number of benzene rings is 9. The molecule has 14 rings (SSSR count). The predicted octanol–water partition coefficient (Wildman–Crippen LogP) is 16.0. The maximum atomic E-state index is 5.62. The van der Waals surface area contributed by atoms with Crippen molar-refractivity contribution in [2.24, 2.45) is 0 Å². The van der Waals surface area contributed by atoms with E-state index in [-0.39, 0.29) is 0 Å². The summed E-state index contributed by atoms with van der Waals surface area (Å²) in [5.74, 6) is 0.674. The summed E-state index contributed by atoms with van der Waals surface area (Å²) in [5.41, 5.74) is 23.0. The maximum Gasteiger partial charge on any atom is 0.160 e. The average Bonchev–Trinajstić information content (AvgIpc) is 3.90. The fourth-order valence-electron chi connectivity index (χ4n) is 10.8. The molecule has 2 aliphatic rings. The minimum Gasteiger partial charge on any atom is -0.265 e. The van der Waals surface area contributed by atoms with Crippen LogP contribution in [0, 0.1) is 0 Å². The van der Waals surface area contributed by atoms with E-state index in [4.69, 9.17) is 9.97 Å². The lowest BCUT2D eigenvalue weighted by atomic mass is 9.88. The van der Waals surface area contributed by atoms with Gasteiger partial charge in [-0.25, -0.2) is 9.97 Å². The average molecular weight is 837 g/mol. The molecule has 0 unspecified atom stereocenters. The first-order valence-electron chi connectivity index (χ1n) is 22.4. The van der Waals surface area contributed by atoms with Crippen molar-refractivity contribution in [1.82, 2.24) is 19.9 Å².